The molecule has 1 aliphatic heterocycles. The van der Waals surface area contributed by atoms with Gasteiger partial charge in [-0.25, -0.2) is 19.4 Å². The van der Waals surface area contributed by atoms with Gasteiger partial charge >= 0.3 is 6.01 Å². The van der Waals surface area contributed by atoms with Crippen molar-refractivity contribution in [1.82, 2.24) is 24.9 Å². The number of aromatic nitrogens is 5. The van der Waals surface area contributed by atoms with Crippen molar-refractivity contribution in [2.45, 2.75) is 13.5 Å². The first-order valence-corrected chi connectivity index (χ1v) is 8.79. The Hall–Kier alpha value is -4.02. The molecule has 0 aliphatic carbocycles. The van der Waals surface area contributed by atoms with Crippen molar-refractivity contribution < 1.29 is 9.13 Å². The van der Waals surface area contributed by atoms with E-state index in [9.17, 15) is 4.39 Å². The van der Waals surface area contributed by atoms with Crippen LogP contribution < -0.4 is 21.1 Å². The van der Waals surface area contributed by atoms with Gasteiger partial charge in [0.05, 0.1) is 35.5 Å². The molecular formula is C18H16FN9O. The van der Waals surface area contributed by atoms with Crippen molar-refractivity contribution in [3.05, 3.63) is 35.7 Å². The van der Waals surface area contributed by atoms with Crippen molar-refractivity contribution in [2.24, 2.45) is 10.7 Å². The molecule has 29 heavy (non-hydrogen) atoms. The van der Waals surface area contributed by atoms with Gasteiger partial charge in [0, 0.05) is 18.0 Å². The number of nitrogens with one attached hydrogen (secondary N) is 3. The van der Waals surface area contributed by atoms with Gasteiger partial charge < -0.3 is 26.1 Å². The molecule has 0 saturated heterocycles. The fourth-order valence-electron chi connectivity index (χ4n) is 3.33. The summed E-state index contributed by atoms with van der Waals surface area (Å²) >= 11 is 0. The molecule has 5 N–H and O–H groups in total. The summed E-state index contributed by atoms with van der Waals surface area (Å²) < 4.78 is 20.5. The molecule has 0 radical (unpaired) electrons. The largest absolute Gasteiger partial charge is 0.421 e. The van der Waals surface area contributed by atoms with Gasteiger partial charge in [-0.1, -0.05) is 0 Å². The van der Waals surface area contributed by atoms with Crippen LogP contribution in [0, 0.1) is 12.7 Å². The van der Waals surface area contributed by atoms with Crippen LogP contribution in [0.15, 0.2) is 23.5 Å². The molecule has 11 heteroatoms. The zero-order chi connectivity index (χ0) is 20.1. The lowest BCUT2D eigenvalue weighted by molar-refractivity contribution is 0.440. The Morgan fingerprint density at radius 2 is 2.00 bits per heavy atom. The van der Waals surface area contributed by atoms with Gasteiger partial charge in [0.25, 0.3) is 0 Å². The molecule has 0 amide bonds. The number of aryl methyl sites for hydroxylation is 1. The van der Waals surface area contributed by atoms with E-state index in [1.54, 1.807) is 14.0 Å². The molecule has 146 valence electrons. The second-order valence-corrected chi connectivity index (χ2v) is 6.48. The lowest BCUT2D eigenvalue weighted by Crippen LogP contribution is -2.24. The highest BCUT2D eigenvalue weighted by Crippen LogP contribution is 2.39. The van der Waals surface area contributed by atoms with E-state index in [1.165, 1.54) is 18.5 Å². The summed E-state index contributed by atoms with van der Waals surface area (Å²) in [6, 6.07) is 1.47. The molecule has 1 aromatic carbocycles. The quantitative estimate of drug-likeness (QED) is 0.416. The number of nitrogens with zero attached hydrogens (tertiary/aromatic N) is 5. The minimum absolute atomic E-state index is 0.0559. The molecule has 0 bridgehead atoms. The maximum Gasteiger partial charge on any atom is 0.326 e. The third-order valence-electron chi connectivity index (χ3n) is 4.65. The predicted molar refractivity (Wildman–Crippen MR) is 107 cm³/mol. The van der Waals surface area contributed by atoms with Crippen LogP contribution in [-0.2, 0) is 6.54 Å². The van der Waals surface area contributed by atoms with E-state index in [0.29, 0.717) is 50.6 Å². The number of halogens is 1. The van der Waals surface area contributed by atoms with Crippen LogP contribution in [-0.4, -0.2) is 37.9 Å². The van der Waals surface area contributed by atoms with Crippen LogP contribution in [0.5, 0.6) is 11.8 Å². The number of aromatic amines is 1. The summed E-state index contributed by atoms with van der Waals surface area (Å²) in [5.41, 5.74) is 8.11. The highest BCUT2D eigenvalue weighted by molar-refractivity contribution is 6.18. The Balaban J connectivity index is 1.77. The van der Waals surface area contributed by atoms with Gasteiger partial charge in [0.1, 0.15) is 23.1 Å². The van der Waals surface area contributed by atoms with E-state index < -0.39 is 0 Å². The van der Waals surface area contributed by atoms with Crippen molar-refractivity contribution >= 4 is 39.4 Å². The number of hydrogen-bond donors (Lipinski definition) is 4. The van der Waals surface area contributed by atoms with E-state index in [1.807, 2.05) is 0 Å². The van der Waals surface area contributed by atoms with E-state index in [2.05, 4.69) is 40.5 Å². The third-order valence-corrected chi connectivity index (χ3v) is 4.65. The summed E-state index contributed by atoms with van der Waals surface area (Å²) in [5, 5.41) is 7.21. The SMILES string of the molecule is CNc1cc(F)c2c3c1[nH]c1nc(Oc4cnc(C)nc4)nc(c13)NC(N)=NC2. The van der Waals surface area contributed by atoms with E-state index in [4.69, 9.17) is 10.5 Å². The molecule has 0 unspecified atom stereocenters. The standard InChI is InChI=1S/C18H16FN9O/c1-7-22-4-8(5-23-7)29-18-27-15-13-12-9(6-24-17(20)26-16(13)28-18)10(19)3-11(21-2)14(12)25-15/h3-5,21H,6H2,1-2H3,(H4,20,24,25,26,27,28). The summed E-state index contributed by atoms with van der Waals surface area (Å²) in [4.78, 5) is 24.5. The van der Waals surface area contributed by atoms with Gasteiger partial charge in [-0.15, -0.1) is 0 Å². The van der Waals surface area contributed by atoms with E-state index in [0.717, 1.165) is 0 Å². The number of H-pyrrole nitrogens is 1. The Morgan fingerprint density at radius 1 is 1.21 bits per heavy atom. The molecule has 5 rings (SSSR count). The minimum atomic E-state index is -0.385. The monoisotopic (exact) mass is 393 g/mol. The average Bonchev–Trinajstić information content (AvgIpc) is 3.07. The summed E-state index contributed by atoms with van der Waals surface area (Å²) in [6.07, 6.45) is 3.06. The zero-order valence-corrected chi connectivity index (χ0v) is 15.5. The Bertz CT molecular complexity index is 1300. The number of anilines is 2. The third kappa shape index (κ3) is 2.74. The first kappa shape index (κ1) is 17.1. The van der Waals surface area contributed by atoms with Gasteiger partial charge in [0.15, 0.2) is 11.7 Å². The highest BCUT2D eigenvalue weighted by atomic mass is 19.1. The van der Waals surface area contributed by atoms with Crippen molar-refractivity contribution in [2.75, 3.05) is 17.7 Å². The summed E-state index contributed by atoms with van der Waals surface area (Å²) in [7, 11) is 1.72. The lowest BCUT2D eigenvalue weighted by Gasteiger charge is -2.14. The molecule has 0 atom stereocenters. The molecule has 0 saturated carbocycles. The number of hydrogen-bond acceptors (Lipinski definition) is 9. The number of ether oxygens (including phenoxy) is 1. The highest BCUT2D eigenvalue weighted by Gasteiger charge is 2.23. The average molecular weight is 393 g/mol. The second-order valence-electron chi connectivity index (χ2n) is 6.48. The normalized spacial score (nSPS) is 13.1. The van der Waals surface area contributed by atoms with Gasteiger partial charge in [-0.05, 0) is 13.0 Å². The van der Waals surface area contributed by atoms with Gasteiger partial charge in [-0.2, -0.15) is 9.97 Å². The Kier molecular flexibility index (Phi) is 3.69. The molecule has 0 spiro atoms. The van der Waals surface area contributed by atoms with Gasteiger partial charge in [0.2, 0.25) is 0 Å². The molecule has 4 aromatic rings. The first-order valence-electron chi connectivity index (χ1n) is 8.79. The molecular weight excluding hydrogens is 377 g/mol. The lowest BCUT2D eigenvalue weighted by atomic mass is 10.0. The Labute approximate surface area is 163 Å². The number of aliphatic imine (C=N–C) groups is 1. The van der Waals surface area contributed by atoms with Crippen LogP contribution in [0.4, 0.5) is 15.9 Å². The van der Waals surface area contributed by atoms with Crippen molar-refractivity contribution in [1.29, 1.82) is 0 Å². The molecule has 0 fully saturated rings. The number of nitrogens with two attached hydrogens (primary N) is 1. The van der Waals surface area contributed by atoms with Crippen LogP contribution in [0.3, 0.4) is 0 Å². The molecule has 1 aliphatic rings. The Morgan fingerprint density at radius 3 is 2.76 bits per heavy atom. The maximum atomic E-state index is 14.8. The number of guanidine groups is 1. The van der Waals surface area contributed by atoms with Gasteiger partial charge in [-0.3, -0.25) is 0 Å². The van der Waals surface area contributed by atoms with Crippen LogP contribution in [0.1, 0.15) is 11.4 Å². The smallest absolute Gasteiger partial charge is 0.326 e. The fourth-order valence-corrected chi connectivity index (χ4v) is 3.33. The fraction of sp³-hybridized carbons (Fsp3) is 0.167. The first-order chi connectivity index (χ1) is 14.0. The van der Waals surface area contributed by atoms with Crippen molar-refractivity contribution in [3.63, 3.8) is 0 Å². The topological polar surface area (TPSA) is 139 Å². The number of rotatable bonds is 3. The molecule has 4 heterocycles. The van der Waals surface area contributed by atoms with E-state index in [-0.39, 0.29) is 24.3 Å². The molecule has 3 aromatic heterocycles. The zero-order valence-electron chi connectivity index (χ0n) is 15.5. The van der Waals surface area contributed by atoms with Crippen molar-refractivity contribution in [3.8, 4) is 11.8 Å². The second kappa shape index (κ2) is 6.26. The predicted octanol–water partition coefficient (Wildman–Crippen LogP) is 2.42. The van der Waals surface area contributed by atoms with Crippen LogP contribution >= 0.6 is 0 Å². The van der Waals surface area contributed by atoms with Crippen LogP contribution in [0.25, 0.3) is 21.9 Å². The minimum Gasteiger partial charge on any atom is -0.421 e. The number of benzene rings is 1. The summed E-state index contributed by atoms with van der Waals surface area (Å²) in [5.74, 6) is 1.09. The summed E-state index contributed by atoms with van der Waals surface area (Å²) in [6.45, 7) is 1.87. The van der Waals surface area contributed by atoms with E-state index >= 15 is 0 Å². The molecule has 10 nitrogen and oxygen atoms in total. The maximum absolute atomic E-state index is 14.8. The van der Waals surface area contributed by atoms with Crippen LogP contribution in [0.2, 0.25) is 0 Å².